The molecule has 0 saturated carbocycles. The number of thioether (sulfide) groups is 1. The molecule has 15 heavy (non-hydrogen) atoms. The summed E-state index contributed by atoms with van der Waals surface area (Å²) in [6, 6.07) is 1.33. The first-order valence-corrected chi connectivity index (χ1v) is 5.12. The Bertz CT molecular complexity index is 362. The molecule has 0 aromatic carbocycles. The van der Waals surface area contributed by atoms with E-state index in [9.17, 15) is 9.59 Å². The van der Waals surface area contributed by atoms with Crippen LogP contribution in [0, 0.1) is 0 Å². The van der Waals surface area contributed by atoms with E-state index >= 15 is 0 Å². The number of ether oxygens (including phenoxy) is 1. The van der Waals surface area contributed by atoms with Crippen LogP contribution in [0.5, 0.6) is 0 Å². The fourth-order valence-corrected chi connectivity index (χ4v) is 1.50. The highest BCUT2D eigenvalue weighted by atomic mass is 32.2. The van der Waals surface area contributed by atoms with E-state index in [0.29, 0.717) is 11.5 Å². The highest BCUT2D eigenvalue weighted by molar-refractivity contribution is 7.99. The second kappa shape index (κ2) is 5.40. The van der Waals surface area contributed by atoms with Crippen LogP contribution in [-0.2, 0) is 15.3 Å². The van der Waals surface area contributed by atoms with Gasteiger partial charge in [0.1, 0.15) is 5.76 Å². The molecule has 7 heteroatoms. The molecule has 0 aliphatic carbocycles. The van der Waals surface area contributed by atoms with E-state index in [-0.39, 0.29) is 17.4 Å². The van der Waals surface area contributed by atoms with Crippen molar-refractivity contribution in [1.29, 1.82) is 0 Å². The van der Waals surface area contributed by atoms with Gasteiger partial charge in [0.05, 0.1) is 18.6 Å². The van der Waals surface area contributed by atoms with Crippen molar-refractivity contribution in [2.24, 2.45) is 0 Å². The maximum absolute atomic E-state index is 10.7. The predicted octanol–water partition coefficient (Wildman–Crippen LogP) is 0.779. The lowest BCUT2D eigenvalue weighted by molar-refractivity contribution is -0.137. The third-order valence-electron chi connectivity index (χ3n) is 1.47. The van der Waals surface area contributed by atoms with Crippen molar-refractivity contribution in [3.05, 3.63) is 17.5 Å². The molecule has 0 spiro atoms. The maximum Gasteiger partial charge on any atom is 0.358 e. The summed E-state index contributed by atoms with van der Waals surface area (Å²) in [5, 5.41) is 11.9. The zero-order valence-corrected chi connectivity index (χ0v) is 8.74. The van der Waals surface area contributed by atoms with Crippen molar-refractivity contribution >= 4 is 23.7 Å². The minimum Gasteiger partial charge on any atom is -0.476 e. The first-order valence-electron chi connectivity index (χ1n) is 3.97. The van der Waals surface area contributed by atoms with Gasteiger partial charge in [-0.15, -0.1) is 11.8 Å². The van der Waals surface area contributed by atoms with Gasteiger partial charge in [0, 0.05) is 6.07 Å². The number of hydrogen-bond donors (Lipinski definition) is 1. The lowest BCUT2D eigenvalue weighted by Crippen LogP contribution is -2.03. The molecule has 0 amide bonds. The molecule has 0 fully saturated rings. The average Bonchev–Trinajstić information content (AvgIpc) is 2.66. The van der Waals surface area contributed by atoms with Crippen molar-refractivity contribution in [3.63, 3.8) is 0 Å². The topological polar surface area (TPSA) is 89.6 Å². The molecule has 1 N–H and O–H groups in total. The number of carboxylic acid groups (broad SMARTS) is 1. The van der Waals surface area contributed by atoms with E-state index in [1.54, 1.807) is 0 Å². The fourth-order valence-electron chi connectivity index (χ4n) is 0.776. The van der Waals surface area contributed by atoms with Gasteiger partial charge in [0.2, 0.25) is 0 Å². The smallest absolute Gasteiger partial charge is 0.358 e. The van der Waals surface area contributed by atoms with Crippen LogP contribution in [0.3, 0.4) is 0 Å². The van der Waals surface area contributed by atoms with Gasteiger partial charge >= 0.3 is 11.9 Å². The zero-order valence-electron chi connectivity index (χ0n) is 7.93. The molecular weight excluding hydrogens is 222 g/mol. The number of aromatic carboxylic acids is 1. The summed E-state index contributed by atoms with van der Waals surface area (Å²) >= 11 is 1.26. The van der Waals surface area contributed by atoms with Crippen molar-refractivity contribution in [2.45, 2.75) is 5.75 Å². The molecule has 0 bridgehead atoms. The predicted molar refractivity (Wildman–Crippen MR) is 51.6 cm³/mol. The van der Waals surface area contributed by atoms with Gasteiger partial charge in [-0.05, 0) is 0 Å². The summed E-state index contributed by atoms with van der Waals surface area (Å²) < 4.78 is 9.17. The van der Waals surface area contributed by atoms with E-state index in [4.69, 9.17) is 9.63 Å². The van der Waals surface area contributed by atoms with Crippen LogP contribution in [-0.4, -0.2) is 35.1 Å². The van der Waals surface area contributed by atoms with E-state index in [0.717, 1.165) is 0 Å². The summed E-state index contributed by atoms with van der Waals surface area (Å²) in [6.45, 7) is 0. The Morgan fingerprint density at radius 1 is 1.67 bits per heavy atom. The van der Waals surface area contributed by atoms with Gasteiger partial charge < -0.3 is 14.4 Å². The van der Waals surface area contributed by atoms with E-state index < -0.39 is 5.97 Å². The normalized spacial score (nSPS) is 9.93. The summed E-state index contributed by atoms with van der Waals surface area (Å²) in [4.78, 5) is 21.2. The monoisotopic (exact) mass is 231 g/mol. The van der Waals surface area contributed by atoms with Gasteiger partial charge in [0.25, 0.3) is 0 Å². The largest absolute Gasteiger partial charge is 0.476 e. The summed E-state index contributed by atoms with van der Waals surface area (Å²) in [7, 11) is 1.31. The molecule has 1 aromatic heterocycles. The van der Waals surface area contributed by atoms with Gasteiger partial charge in [-0.1, -0.05) is 5.16 Å². The number of carbonyl (C=O) groups excluding carboxylic acids is 1. The zero-order chi connectivity index (χ0) is 11.3. The summed E-state index contributed by atoms with van der Waals surface area (Å²) in [6.07, 6.45) is 0. The Morgan fingerprint density at radius 3 is 2.93 bits per heavy atom. The van der Waals surface area contributed by atoms with Crippen molar-refractivity contribution in [2.75, 3.05) is 12.9 Å². The Hall–Kier alpha value is -1.50. The number of carbonyl (C=O) groups is 2. The Morgan fingerprint density at radius 2 is 2.40 bits per heavy atom. The van der Waals surface area contributed by atoms with Crippen LogP contribution < -0.4 is 0 Å². The minimum atomic E-state index is -1.14. The number of nitrogens with zero attached hydrogens (tertiary/aromatic N) is 1. The number of carboxylic acids is 1. The van der Waals surface area contributed by atoms with Crippen molar-refractivity contribution in [1.82, 2.24) is 5.16 Å². The lowest BCUT2D eigenvalue weighted by Gasteiger charge is -1.96. The molecule has 0 radical (unpaired) electrons. The molecule has 0 aliphatic heterocycles. The number of rotatable bonds is 5. The molecule has 0 saturated heterocycles. The number of hydrogen-bond acceptors (Lipinski definition) is 6. The number of aromatic nitrogens is 1. The van der Waals surface area contributed by atoms with Crippen molar-refractivity contribution < 1.29 is 24.0 Å². The van der Waals surface area contributed by atoms with Crippen molar-refractivity contribution in [3.8, 4) is 0 Å². The number of esters is 1. The molecule has 1 heterocycles. The second-order valence-electron chi connectivity index (χ2n) is 2.55. The van der Waals surface area contributed by atoms with Crippen LogP contribution >= 0.6 is 11.8 Å². The van der Waals surface area contributed by atoms with Crippen LogP contribution in [0.4, 0.5) is 0 Å². The first kappa shape index (κ1) is 11.6. The van der Waals surface area contributed by atoms with Gasteiger partial charge in [-0.2, -0.15) is 0 Å². The Balaban J connectivity index is 2.38. The third kappa shape index (κ3) is 3.62. The van der Waals surface area contributed by atoms with Gasteiger partial charge in [-0.25, -0.2) is 4.79 Å². The minimum absolute atomic E-state index is 0.135. The second-order valence-corrected chi connectivity index (χ2v) is 3.54. The highest BCUT2D eigenvalue weighted by Gasteiger charge is 2.11. The lowest BCUT2D eigenvalue weighted by atomic mass is 10.4. The molecule has 0 aliphatic rings. The number of methoxy groups -OCH3 is 1. The van der Waals surface area contributed by atoms with E-state index in [2.05, 4.69) is 9.89 Å². The molecule has 0 atom stereocenters. The van der Waals surface area contributed by atoms with Gasteiger partial charge in [0.15, 0.2) is 5.69 Å². The van der Waals surface area contributed by atoms with Crippen LogP contribution in [0.25, 0.3) is 0 Å². The third-order valence-corrected chi connectivity index (χ3v) is 2.40. The quantitative estimate of drug-likeness (QED) is 0.749. The van der Waals surface area contributed by atoms with Crippen LogP contribution in [0.1, 0.15) is 16.2 Å². The molecule has 82 valence electrons. The highest BCUT2D eigenvalue weighted by Crippen LogP contribution is 2.13. The van der Waals surface area contributed by atoms with E-state index in [1.165, 1.54) is 24.9 Å². The van der Waals surface area contributed by atoms with E-state index in [1.807, 2.05) is 0 Å². The molecule has 1 rings (SSSR count). The van der Waals surface area contributed by atoms with Crippen LogP contribution in [0.2, 0.25) is 0 Å². The molecular formula is C8H9NO5S. The summed E-state index contributed by atoms with van der Waals surface area (Å²) in [5.74, 6) is -0.475. The maximum atomic E-state index is 10.7. The Labute approximate surface area is 89.6 Å². The molecule has 1 aromatic rings. The SMILES string of the molecule is COC(=O)CSCc1cc(C(=O)O)no1. The summed E-state index contributed by atoms with van der Waals surface area (Å²) in [5.41, 5.74) is -0.135. The van der Waals surface area contributed by atoms with Gasteiger partial charge in [-0.3, -0.25) is 4.79 Å². The van der Waals surface area contributed by atoms with Crippen LogP contribution in [0.15, 0.2) is 10.6 Å². The first-order chi connectivity index (χ1) is 7.13. The standard InChI is InChI=1S/C8H9NO5S/c1-13-7(10)4-15-3-5-2-6(8(11)12)9-14-5/h2H,3-4H2,1H3,(H,11,12). The molecule has 6 nitrogen and oxygen atoms in total. The molecule has 0 unspecified atom stereocenters. The fraction of sp³-hybridized carbons (Fsp3) is 0.375. The average molecular weight is 231 g/mol. The Kier molecular flexibility index (Phi) is 4.17.